The number of likely N-dealkylation sites (tertiary alicyclic amines) is 2. The SMILES string of the molecule is C/C=C/c1ccc2n(c1=O)C[C@@H]1[C@@H](CO)[C@H](C(=O)NCC3CC3)N(C(=O)CC3CC3)[C@H]21.C/C=C\c1ccc2n(c1=O)C[C@@H]1[C@@H](CO)[C@H](C(=O)NCC3CC3)N(C(=O)CC3CC3)[C@H]21. The Kier molecular flexibility index (Phi) is 11.9. The van der Waals surface area contributed by atoms with Crippen molar-refractivity contribution >= 4 is 35.8 Å². The van der Waals surface area contributed by atoms with E-state index in [4.69, 9.17) is 0 Å². The molecule has 2 aromatic rings. The minimum absolute atomic E-state index is 0.0292. The number of carbonyl (C=O) groups excluding carboxylic acids is 4. The number of pyridine rings is 2. The van der Waals surface area contributed by atoms with Gasteiger partial charge in [0.2, 0.25) is 23.6 Å². The van der Waals surface area contributed by atoms with Gasteiger partial charge in [-0.05, 0) is 113 Å². The first-order valence-electron chi connectivity index (χ1n) is 23.2. The van der Waals surface area contributed by atoms with Crippen LogP contribution >= 0.6 is 0 Å². The fraction of sp³-hybridized carbons (Fsp3) is 0.625. The van der Waals surface area contributed by atoms with Gasteiger partial charge in [-0.1, -0.05) is 24.3 Å². The smallest absolute Gasteiger partial charge is 0.258 e. The van der Waals surface area contributed by atoms with Crippen LogP contribution in [0.2, 0.25) is 0 Å². The molecule has 0 spiro atoms. The van der Waals surface area contributed by atoms with E-state index in [2.05, 4.69) is 10.6 Å². The van der Waals surface area contributed by atoms with Crippen molar-refractivity contribution in [3.8, 4) is 0 Å². The minimum atomic E-state index is -0.677. The lowest BCUT2D eigenvalue weighted by atomic mass is 9.88. The Morgan fingerprint density at radius 1 is 0.597 bits per heavy atom. The van der Waals surface area contributed by atoms with Crippen LogP contribution in [0.1, 0.15) is 113 Å². The number of rotatable bonds is 14. The predicted molar refractivity (Wildman–Crippen MR) is 232 cm³/mol. The van der Waals surface area contributed by atoms with Crippen LogP contribution < -0.4 is 21.8 Å². The fourth-order valence-corrected chi connectivity index (χ4v) is 10.9. The summed E-state index contributed by atoms with van der Waals surface area (Å²) in [6.07, 6.45) is 16.9. The molecule has 0 unspecified atom stereocenters. The van der Waals surface area contributed by atoms with Crippen molar-refractivity contribution in [1.82, 2.24) is 29.6 Å². The molecule has 6 heterocycles. The summed E-state index contributed by atoms with van der Waals surface area (Å²) < 4.78 is 3.48. The first kappa shape index (κ1) is 42.5. The molecule has 14 nitrogen and oxygen atoms in total. The lowest BCUT2D eigenvalue weighted by Crippen LogP contribution is -2.50. The van der Waals surface area contributed by atoms with E-state index in [0.29, 0.717) is 73.8 Å². The van der Waals surface area contributed by atoms with Crippen molar-refractivity contribution < 1.29 is 29.4 Å². The van der Waals surface area contributed by atoms with Crippen molar-refractivity contribution in [2.75, 3.05) is 26.3 Å². The Bertz CT molecular complexity index is 2110. The van der Waals surface area contributed by atoms with Crippen LogP contribution in [0.3, 0.4) is 0 Å². The van der Waals surface area contributed by atoms with Gasteiger partial charge in [0, 0.05) is 98.4 Å². The molecule has 0 bridgehead atoms. The van der Waals surface area contributed by atoms with Crippen molar-refractivity contribution in [1.29, 1.82) is 0 Å². The van der Waals surface area contributed by atoms with E-state index in [1.165, 1.54) is 0 Å². The number of hydrogen-bond donors (Lipinski definition) is 4. The Hall–Kier alpha value is -4.82. The number of aromatic nitrogens is 2. The number of nitrogens with zero attached hydrogens (tertiary/aromatic N) is 4. The molecule has 8 atom stereocenters. The molecule has 8 aliphatic rings. The zero-order valence-corrected chi connectivity index (χ0v) is 36.0. The van der Waals surface area contributed by atoms with Gasteiger partial charge in [-0.15, -0.1) is 0 Å². The molecule has 332 valence electrons. The van der Waals surface area contributed by atoms with Gasteiger partial charge in [0.25, 0.3) is 11.1 Å². The van der Waals surface area contributed by atoms with Crippen LogP contribution in [-0.2, 0) is 32.3 Å². The van der Waals surface area contributed by atoms with Gasteiger partial charge in [0.1, 0.15) is 12.1 Å². The van der Waals surface area contributed by atoms with Crippen molar-refractivity contribution in [2.45, 2.75) is 115 Å². The van der Waals surface area contributed by atoms with Crippen LogP contribution in [0.15, 0.2) is 46.0 Å². The average Bonchev–Trinajstić information content (AvgIpc) is 4.06. The maximum absolute atomic E-state index is 13.4. The molecular weight excluding hydrogens is 789 g/mol. The zero-order chi connectivity index (χ0) is 43.4. The maximum atomic E-state index is 13.4. The number of aliphatic hydroxyl groups excluding tert-OH is 2. The number of nitrogens with one attached hydrogen (secondary N) is 2. The van der Waals surface area contributed by atoms with Crippen LogP contribution in [0, 0.1) is 47.3 Å². The molecule has 2 aromatic heterocycles. The zero-order valence-electron chi connectivity index (χ0n) is 36.0. The monoisotopic (exact) mass is 850 g/mol. The summed E-state index contributed by atoms with van der Waals surface area (Å²) in [5.41, 5.74) is 2.63. The Labute approximate surface area is 362 Å². The first-order chi connectivity index (χ1) is 30.1. The summed E-state index contributed by atoms with van der Waals surface area (Å²) >= 11 is 0. The molecule has 4 amide bonds. The highest BCUT2D eigenvalue weighted by Gasteiger charge is 2.59. The Morgan fingerprint density at radius 2 is 0.968 bits per heavy atom. The summed E-state index contributed by atoms with van der Waals surface area (Å²) in [4.78, 5) is 82.7. The quantitative estimate of drug-likeness (QED) is 0.223. The first-order valence-corrected chi connectivity index (χ1v) is 23.2. The summed E-state index contributed by atoms with van der Waals surface area (Å²) in [5.74, 6) is 0.454. The molecule has 4 saturated carbocycles. The van der Waals surface area contributed by atoms with Crippen LogP contribution in [0.4, 0.5) is 0 Å². The van der Waals surface area contributed by atoms with Crippen LogP contribution in [0.25, 0.3) is 12.2 Å². The van der Waals surface area contributed by atoms with E-state index in [9.17, 15) is 39.0 Å². The molecule has 2 saturated heterocycles. The van der Waals surface area contributed by atoms with Gasteiger partial charge in [-0.25, -0.2) is 0 Å². The maximum Gasteiger partial charge on any atom is 0.258 e. The topological polar surface area (TPSA) is 183 Å². The third-order valence-electron chi connectivity index (χ3n) is 14.9. The second kappa shape index (κ2) is 17.4. The minimum Gasteiger partial charge on any atom is -0.396 e. The number of carbonyl (C=O) groups is 4. The van der Waals surface area contributed by atoms with Gasteiger partial charge in [-0.2, -0.15) is 0 Å². The van der Waals surface area contributed by atoms with Gasteiger partial charge >= 0.3 is 0 Å². The van der Waals surface area contributed by atoms with E-state index in [-0.39, 0.29) is 83.7 Å². The molecule has 6 fully saturated rings. The summed E-state index contributed by atoms with van der Waals surface area (Å²) in [7, 11) is 0. The van der Waals surface area contributed by atoms with Gasteiger partial charge in [0.15, 0.2) is 0 Å². The van der Waals surface area contributed by atoms with Gasteiger partial charge in [-0.3, -0.25) is 28.8 Å². The van der Waals surface area contributed by atoms with Gasteiger partial charge in [0.05, 0.1) is 12.1 Å². The molecule has 4 N–H and O–H groups in total. The predicted octanol–water partition coefficient (Wildman–Crippen LogP) is 3.40. The highest BCUT2D eigenvalue weighted by molar-refractivity contribution is 5.90. The Morgan fingerprint density at radius 3 is 1.29 bits per heavy atom. The van der Waals surface area contributed by atoms with E-state index >= 15 is 0 Å². The number of aliphatic hydroxyl groups is 2. The Balaban J connectivity index is 0.000000158. The number of amides is 4. The molecule has 10 rings (SSSR count). The standard InChI is InChI=1S/2C24H31N3O4/c2*1-2-3-16-8-9-19-21-17(12-26(19)24(16)31)18(13-28)22(23(30)25-11-15-6-7-15)27(21)20(29)10-14-4-5-14/h2*2-3,8-9,14-15,17-18,21-22,28H,4-7,10-13H2,1H3,(H,25,30)/b3-2+;3-2-/t2*17-,18-,21+,22-/m11/s1. The highest BCUT2D eigenvalue weighted by atomic mass is 16.3. The summed E-state index contributed by atoms with van der Waals surface area (Å²) in [6, 6.07) is 5.39. The molecule has 0 aromatic carbocycles. The molecule has 62 heavy (non-hydrogen) atoms. The van der Waals surface area contributed by atoms with E-state index in [0.717, 1.165) is 62.8 Å². The number of hydrogen-bond acceptors (Lipinski definition) is 8. The average molecular weight is 851 g/mol. The van der Waals surface area contributed by atoms with E-state index in [1.54, 1.807) is 43.2 Å². The molecule has 14 heteroatoms. The van der Waals surface area contributed by atoms with Crippen LogP contribution in [0.5, 0.6) is 0 Å². The van der Waals surface area contributed by atoms with Crippen LogP contribution in [-0.4, -0.2) is 91.2 Å². The lowest BCUT2D eigenvalue weighted by Gasteiger charge is -2.31. The number of fused-ring (bicyclic) bond motifs is 6. The highest BCUT2D eigenvalue weighted by Crippen LogP contribution is 2.52. The normalized spacial score (nSPS) is 29.3. The second-order valence-corrected chi connectivity index (χ2v) is 19.3. The summed E-state index contributed by atoms with van der Waals surface area (Å²) in [5, 5.41) is 26.6. The molecule has 4 aliphatic carbocycles. The van der Waals surface area contributed by atoms with Gasteiger partial charge < -0.3 is 39.8 Å². The third kappa shape index (κ3) is 8.13. The fourth-order valence-electron chi connectivity index (χ4n) is 10.9. The van der Waals surface area contributed by atoms with Crippen molar-refractivity contribution in [2.24, 2.45) is 47.3 Å². The third-order valence-corrected chi connectivity index (χ3v) is 14.9. The van der Waals surface area contributed by atoms with E-state index < -0.39 is 12.1 Å². The number of allylic oxidation sites excluding steroid dienone is 2. The summed E-state index contributed by atoms with van der Waals surface area (Å²) in [6.45, 7) is 5.51. The van der Waals surface area contributed by atoms with E-state index in [1.807, 2.05) is 38.1 Å². The molecule has 0 radical (unpaired) electrons. The lowest BCUT2D eigenvalue weighted by molar-refractivity contribution is -0.142. The van der Waals surface area contributed by atoms with Crippen molar-refractivity contribution in [3.63, 3.8) is 0 Å². The second-order valence-electron chi connectivity index (χ2n) is 19.3. The largest absolute Gasteiger partial charge is 0.396 e. The molecule has 4 aliphatic heterocycles. The molecular formula is C48H62N6O8. The van der Waals surface area contributed by atoms with Crippen molar-refractivity contribution in [3.05, 3.63) is 79.6 Å².